The van der Waals surface area contributed by atoms with E-state index in [0.717, 1.165) is 12.5 Å². The molecule has 0 amide bonds. The highest BCUT2D eigenvalue weighted by atomic mass is 35.5. The third-order valence-corrected chi connectivity index (χ3v) is 3.41. The van der Waals surface area contributed by atoms with Crippen LogP contribution >= 0.6 is 11.6 Å². The van der Waals surface area contributed by atoms with Crippen molar-refractivity contribution < 1.29 is 13.3 Å². The summed E-state index contributed by atoms with van der Waals surface area (Å²) in [5.41, 5.74) is -0.977. The molecule has 0 aliphatic heterocycles. The summed E-state index contributed by atoms with van der Waals surface area (Å²) in [6.07, 6.45) is 2.14. The van der Waals surface area contributed by atoms with Gasteiger partial charge in [0.05, 0.1) is 16.2 Å². The molecule has 112 valence electrons. The first kappa shape index (κ1) is 16.6. The highest BCUT2D eigenvalue weighted by Crippen LogP contribution is 2.24. The Morgan fingerprint density at radius 1 is 1.50 bits per heavy atom. The fourth-order valence-electron chi connectivity index (χ4n) is 1.50. The number of sulfonamides is 1. The Morgan fingerprint density at radius 3 is 2.55 bits per heavy atom. The molecular formula is C10H15ClN4O4S. The normalized spacial score (nSPS) is 12.2. The van der Waals surface area contributed by atoms with E-state index >= 15 is 0 Å². The second kappa shape index (κ2) is 5.90. The van der Waals surface area contributed by atoms with E-state index in [4.69, 9.17) is 11.6 Å². The van der Waals surface area contributed by atoms with Gasteiger partial charge < -0.3 is 5.32 Å². The van der Waals surface area contributed by atoms with Crippen molar-refractivity contribution in [3.63, 3.8) is 0 Å². The average molecular weight is 323 g/mol. The lowest BCUT2D eigenvalue weighted by molar-refractivity contribution is -0.385. The number of anilines is 1. The summed E-state index contributed by atoms with van der Waals surface area (Å²) in [6, 6.07) is 1.17. The second-order valence-electron chi connectivity index (χ2n) is 4.89. The molecule has 10 heteroatoms. The molecule has 0 radical (unpaired) electrons. The van der Waals surface area contributed by atoms with Crippen LogP contribution in [0.3, 0.4) is 0 Å². The Bertz CT molecular complexity index is 618. The van der Waals surface area contributed by atoms with E-state index in [9.17, 15) is 18.5 Å². The fourth-order valence-corrected chi connectivity index (χ4v) is 2.80. The minimum absolute atomic E-state index is 0.0920. The van der Waals surface area contributed by atoms with Gasteiger partial charge in [0.25, 0.3) is 5.69 Å². The van der Waals surface area contributed by atoms with Crippen molar-refractivity contribution in [3.8, 4) is 0 Å². The maximum Gasteiger partial charge on any atom is 0.289 e. The molecule has 0 unspecified atom stereocenters. The van der Waals surface area contributed by atoms with Gasteiger partial charge in [0.15, 0.2) is 0 Å². The second-order valence-corrected chi connectivity index (χ2v) is 7.05. The van der Waals surface area contributed by atoms with E-state index in [1.807, 2.05) is 0 Å². The van der Waals surface area contributed by atoms with Crippen LogP contribution in [0.5, 0.6) is 0 Å². The molecule has 0 bridgehead atoms. The first-order chi connectivity index (χ1) is 9.00. The van der Waals surface area contributed by atoms with E-state index in [-0.39, 0.29) is 23.1 Å². The van der Waals surface area contributed by atoms with Crippen LogP contribution in [0.25, 0.3) is 0 Å². The molecule has 2 N–H and O–H groups in total. The molecular weight excluding hydrogens is 308 g/mol. The molecule has 0 atom stereocenters. The lowest BCUT2D eigenvalue weighted by Crippen LogP contribution is -2.47. The van der Waals surface area contributed by atoms with Gasteiger partial charge in [0.1, 0.15) is 12.0 Å². The van der Waals surface area contributed by atoms with Gasteiger partial charge in [-0.3, -0.25) is 10.1 Å². The topological polar surface area (TPSA) is 114 Å². The Hall–Kier alpha value is -1.45. The van der Waals surface area contributed by atoms with E-state index in [1.165, 1.54) is 6.07 Å². The van der Waals surface area contributed by atoms with Crippen LogP contribution in [0.1, 0.15) is 13.8 Å². The van der Waals surface area contributed by atoms with Gasteiger partial charge >= 0.3 is 0 Å². The van der Waals surface area contributed by atoms with Gasteiger partial charge in [0, 0.05) is 18.2 Å². The molecule has 0 saturated carbocycles. The monoisotopic (exact) mass is 322 g/mol. The predicted octanol–water partition coefficient (Wildman–Crippen LogP) is 1.38. The molecule has 0 fully saturated rings. The Balaban J connectivity index is 2.78. The Kier molecular flexibility index (Phi) is 4.90. The number of hydrogen-bond acceptors (Lipinski definition) is 6. The molecule has 8 nitrogen and oxygen atoms in total. The SMILES string of the molecule is CC(C)(CNc1ncc([N+](=O)[O-])cc1Cl)NS(C)(=O)=O. The minimum atomic E-state index is -3.35. The number of nitrogens with zero attached hydrogens (tertiary/aromatic N) is 2. The van der Waals surface area contributed by atoms with E-state index in [1.54, 1.807) is 13.8 Å². The third kappa shape index (κ3) is 5.27. The van der Waals surface area contributed by atoms with E-state index < -0.39 is 20.5 Å². The van der Waals surface area contributed by atoms with E-state index in [0.29, 0.717) is 0 Å². The molecule has 1 aromatic rings. The highest BCUT2D eigenvalue weighted by Gasteiger charge is 2.22. The number of nitrogens with one attached hydrogen (secondary N) is 2. The van der Waals surface area contributed by atoms with Crippen LogP contribution < -0.4 is 10.0 Å². The molecule has 1 aromatic heterocycles. The van der Waals surface area contributed by atoms with Crippen molar-refractivity contribution in [2.75, 3.05) is 18.1 Å². The molecule has 0 aliphatic carbocycles. The number of aromatic nitrogens is 1. The summed E-state index contributed by atoms with van der Waals surface area (Å²) in [5.74, 6) is 0.251. The van der Waals surface area contributed by atoms with Crippen molar-refractivity contribution in [2.24, 2.45) is 0 Å². The van der Waals surface area contributed by atoms with Crippen LogP contribution in [0.2, 0.25) is 5.02 Å². The van der Waals surface area contributed by atoms with Crippen LogP contribution in [0.15, 0.2) is 12.3 Å². The lowest BCUT2D eigenvalue weighted by atomic mass is 10.1. The number of nitro groups is 1. The van der Waals surface area contributed by atoms with Crippen molar-refractivity contribution in [3.05, 3.63) is 27.4 Å². The van der Waals surface area contributed by atoms with Crippen LogP contribution in [-0.2, 0) is 10.0 Å². The number of rotatable bonds is 6. The van der Waals surface area contributed by atoms with Gasteiger partial charge in [0.2, 0.25) is 10.0 Å². The molecule has 1 rings (SSSR count). The van der Waals surface area contributed by atoms with Crippen LogP contribution in [0.4, 0.5) is 11.5 Å². The van der Waals surface area contributed by atoms with E-state index in [2.05, 4.69) is 15.0 Å². The summed E-state index contributed by atoms with van der Waals surface area (Å²) in [7, 11) is -3.35. The smallest absolute Gasteiger partial charge is 0.289 e. The molecule has 1 heterocycles. The molecule has 20 heavy (non-hydrogen) atoms. The Labute approximate surface area is 121 Å². The highest BCUT2D eigenvalue weighted by molar-refractivity contribution is 7.88. The largest absolute Gasteiger partial charge is 0.367 e. The molecule has 0 aromatic carbocycles. The van der Waals surface area contributed by atoms with Crippen LogP contribution in [0, 0.1) is 10.1 Å². The van der Waals surface area contributed by atoms with Crippen molar-refractivity contribution in [1.82, 2.24) is 9.71 Å². The zero-order chi connectivity index (χ0) is 15.6. The van der Waals surface area contributed by atoms with Crippen LogP contribution in [-0.4, -0.2) is 36.7 Å². The first-order valence-electron chi connectivity index (χ1n) is 5.53. The molecule has 0 saturated heterocycles. The third-order valence-electron chi connectivity index (χ3n) is 2.20. The quantitative estimate of drug-likeness (QED) is 0.604. The van der Waals surface area contributed by atoms with Gasteiger partial charge in [-0.05, 0) is 13.8 Å². The zero-order valence-electron chi connectivity index (χ0n) is 11.2. The lowest BCUT2D eigenvalue weighted by Gasteiger charge is -2.25. The predicted molar refractivity (Wildman–Crippen MR) is 76.4 cm³/mol. The summed E-state index contributed by atoms with van der Waals surface area (Å²) in [6.45, 7) is 3.57. The summed E-state index contributed by atoms with van der Waals surface area (Å²) in [5, 5.41) is 13.5. The minimum Gasteiger partial charge on any atom is -0.367 e. The standard InChI is InChI=1S/C10H15ClN4O4S/c1-10(2,14-20(3,18)19)6-13-9-8(11)4-7(5-12-9)15(16)17/h4-5,14H,6H2,1-3H3,(H,12,13). The molecule has 0 spiro atoms. The van der Waals surface area contributed by atoms with Crippen molar-refractivity contribution in [2.45, 2.75) is 19.4 Å². The fraction of sp³-hybridized carbons (Fsp3) is 0.500. The number of pyridine rings is 1. The maximum atomic E-state index is 11.2. The Morgan fingerprint density at radius 2 is 2.10 bits per heavy atom. The van der Waals surface area contributed by atoms with Gasteiger partial charge in [-0.1, -0.05) is 11.6 Å². The summed E-state index contributed by atoms with van der Waals surface area (Å²) < 4.78 is 24.8. The first-order valence-corrected chi connectivity index (χ1v) is 7.80. The van der Waals surface area contributed by atoms with Gasteiger partial charge in [-0.25, -0.2) is 18.1 Å². The maximum absolute atomic E-state index is 11.2. The summed E-state index contributed by atoms with van der Waals surface area (Å²) in [4.78, 5) is 13.8. The zero-order valence-corrected chi connectivity index (χ0v) is 12.7. The van der Waals surface area contributed by atoms with Gasteiger partial charge in [-0.2, -0.15) is 0 Å². The van der Waals surface area contributed by atoms with Crippen molar-refractivity contribution in [1.29, 1.82) is 0 Å². The molecule has 0 aliphatic rings. The number of halogens is 1. The van der Waals surface area contributed by atoms with Crippen molar-refractivity contribution >= 4 is 33.1 Å². The van der Waals surface area contributed by atoms with Gasteiger partial charge in [-0.15, -0.1) is 0 Å². The summed E-state index contributed by atoms with van der Waals surface area (Å²) >= 11 is 5.87. The number of hydrogen-bond donors (Lipinski definition) is 2. The average Bonchev–Trinajstić information content (AvgIpc) is 2.23.